The van der Waals surface area contributed by atoms with Crippen LogP contribution >= 0.6 is 0 Å². The van der Waals surface area contributed by atoms with E-state index in [1.165, 1.54) is 6.07 Å². The number of fused-ring (bicyclic) bond motifs is 1. The average molecular weight is 320 g/mol. The van der Waals surface area contributed by atoms with Crippen molar-refractivity contribution in [2.24, 2.45) is 5.10 Å². The number of hydrogen-bond acceptors (Lipinski definition) is 4. The molecule has 0 aliphatic heterocycles. The minimum absolute atomic E-state index is 0.0533. The predicted octanol–water partition coefficient (Wildman–Crippen LogP) is 2.79. The summed E-state index contributed by atoms with van der Waals surface area (Å²) in [7, 11) is 0. The SMILES string of the molecule is Cc1ccc2oc(=O)cc(CC(=O)N/N=C/c3ccccc3)c2c1. The second-order valence-corrected chi connectivity index (χ2v) is 5.47. The Balaban J connectivity index is 1.77. The van der Waals surface area contributed by atoms with Crippen LogP contribution in [0.5, 0.6) is 0 Å². The van der Waals surface area contributed by atoms with E-state index in [4.69, 9.17) is 4.42 Å². The van der Waals surface area contributed by atoms with Gasteiger partial charge in [0.15, 0.2) is 0 Å². The number of nitrogens with one attached hydrogen (secondary N) is 1. The van der Waals surface area contributed by atoms with Gasteiger partial charge in [-0.25, -0.2) is 10.2 Å². The number of amides is 1. The van der Waals surface area contributed by atoms with E-state index in [2.05, 4.69) is 10.5 Å². The predicted molar refractivity (Wildman–Crippen MR) is 93.1 cm³/mol. The van der Waals surface area contributed by atoms with E-state index in [-0.39, 0.29) is 12.3 Å². The van der Waals surface area contributed by atoms with Crippen LogP contribution in [0.4, 0.5) is 0 Å². The Bertz CT molecular complexity index is 959. The minimum Gasteiger partial charge on any atom is -0.423 e. The number of rotatable bonds is 4. The third-order valence-corrected chi connectivity index (χ3v) is 3.54. The summed E-state index contributed by atoms with van der Waals surface area (Å²) in [5.41, 5.74) is 5.02. The zero-order valence-corrected chi connectivity index (χ0v) is 13.2. The smallest absolute Gasteiger partial charge is 0.336 e. The molecule has 1 heterocycles. The summed E-state index contributed by atoms with van der Waals surface area (Å²) in [5, 5.41) is 4.69. The molecule has 0 aliphatic carbocycles. The first-order valence-electron chi connectivity index (χ1n) is 7.52. The third kappa shape index (κ3) is 3.76. The molecule has 0 unspecified atom stereocenters. The normalized spacial score (nSPS) is 11.0. The van der Waals surface area contributed by atoms with Crippen molar-refractivity contribution in [1.82, 2.24) is 5.43 Å². The fraction of sp³-hybridized carbons (Fsp3) is 0.105. The summed E-state index contributed by atoms with van der Waals surface area (Å²) >= 11 is 0. The Morgan fingerprint density at radius 2 is 1.96 bits per heavy atom. The van der Waals surface area contributed by atoms with Gasteiger partial charge >= 0.3 is 5.63 Å². The zero-order valence-electron chi connectivity index (χ0n) is 13.2. The topological polar surface area (TPSA) is 71.7 Å². The molecule has 0 spiro atoms. The molecular formula is C19H16N2O3. The van der Waals surface area contributed by atoms with Crippen LogP contribution in [0.2, 0.25) is 0 Å². The van der Waals surface area contributed by atoms with Crippen LogP contribution in [-0.2, 0) is 11.2 Å². The van der Waals surface area contributed by atoms with Gasteiger partial charge in [0.1, 0.15) is 5.58 Å². The van der Waals surface area contributed by atoms with Crippen LogP contribution in [0.25, 0.3) is 11.0 Å². The number of hydrazone groups is 1. The molecule has 120 valence electrons. The Labute approximate surface area is 138 Å². The number of carbonyl (C=O) groups is 1. The first-order chi connectivity index (χ1) is 11.6. The quantitative estimate of drug-likeness (QED) is 0.456. The summed E-state index contributed by atoms with van der Waals surface area (Å²) in [6, 6.07) is 16.3. The summed E-state index contributed by atoms with van der Waals surface area (Å²) < 4.78 is 5.16. The highest BCUT2D eigenvalue weighted by atomic mass is 16.4. The molecule has 0 radical (unpaired) electrons. The van der Waals surface area contributed by atoms with Crippen molar-refractivity contribution in [2.75, 3.05) is 0 Å². The summed E-state index contributed by atoms with van der Waals surface area (Å²) in [4.78, 5) is 23.7. The van der Waals surface area contributed by atoms with E-state index < -0.39 is 5.63 Å². The number of hydrogen-bond donors (Lipinski definition) is 1. The van der Waals surface area contributed by atoms with Gasteiger partial charge < -0.3 is 4.42 Å². The van der Waals surface area contributed by atoms with Gasteiger partial charge in [0, 0.05) is 11.5 Å². The van der Waals surface area contributed by atoms with Crippen molar-refractivity contribution in [1.29, 1.82) is 0 Å². The van der Waals surface area contributed by atoms with Crippen molar-refractivity contribution in [2.45, 2.75) is 13.3 Å². The van der Waals surface area contributed by atoms with Gasteiger partial charge in [0.25, 0.3) is 0 Å². The van der Waals surface area contributed by atoms with Gasteiger partial charge in [-0.3, -0.25) is 4.79 Å². The van der Waals surface area contributed by atoms with Crippen molar-refractivity contribution >= 4 is 23.1 Å². The molecule has 0 atom stereocenters. The molecule has 1 aromatic heterocycles. The van der Waals surface area contributed by atoms with E-state index in [1.807, 2.05) is 49.4 Å². The lowest BCUT2D eigenvalue weighted by molar-refractivity contribution is -0.120. The summed E-state index contributed by atoms with van der Waals surface area (Å²) in [5.74, 6) is -0.296. The first-order valence-corrected chi connectivity index (χ1v) is 7.52. The Hall–Kier alpha value is -3.21. The maximum atomic E-state index is 12.1. The van der Waals surface area contributed by atoms with Crippen LogP contribution < -0.4 is 11.1 Å². The maximum Gasteiger partial charge on any atom is 0.336 e. The van der Waals surface area contributed by atoms with E-state index in [9.17, 15) is 9.59 Å². The molecule has 24 heavy (non-hydrogen) atoms. The zero-order chi connectivity index (χ0) is 16.9. The number of nitrogens with zero attached hydrogens (tertiary/aromatic N) is 1. The monoisotopic (exact) mass is 320 g/mol. The van der Waals surface area contributed by atoms with Gasteiger partial charge in [0.2, 0.25) is 5.91 Å². The van der Waals surface area contributed by atoms with Crippen molar-refractivity contribution in [3.05, 3.63) is 81.7 Å². The molecule has 1 N–H and O–H groups in total. The number of benzene rings is 2. The fourth-order valence-corrected chi connectivity index (χ4v) is 2.42. The van der Waals surface area contributed by atoms with Crippen LogP contribution in [0.15, 0.2) is 68.9 Å². The summed E-state index contributed by atoms with van der Waals surface area (Å²) in [6.45, 7) is 1.94. The fourth-order valence-electron chi connectivity index (χ4n) is 2.42. The van der Waals surface area contributed by atoms with Crippen molar-refractivity contribution in [3.8, 4) is 0 Å². The molecule has 0 saturated heterocycles. The standard InChI is InChI=1S/C19H16N2O3/c1-13-7-8-17-16(9-13)15(11-19(23)24-17)10-18(22)21-20-12-14-5-3-2-4-6-14/h2-9,11-12H,10H2,1H3,(H,21,22)/b20-12+. The molecule has 3 rings (SSSR count). The van der Waals surface area contributed by atoms with E-state index in [0.717, 1.165) is 16.5 Å². The Kier molecular flexibility index (Phi) is 4.52. The lowest BCUT2D eigenvalue weighted by Crippen LogP contribution is -2.20. The Morgan fingerprint density at radius 1 is 1.17 bits per heavy atom. The number of aryl methyl sites for hydroxylation is 1. The highest BCUT2D eigenvalue weighted by Gasteiger charge is 2.10. The second kappa shape index (κ2) is 6.91. The average Bonchev–Trinajstić information content (AvgIpc) is 2.56. The van der Waals surface area contributed by atoms with E-state index >= 15 is 0 Å². The van der Waals surface area contributed by atoms with E-state index in [0.29, 0.717) is 11.1 Å². The molecule has 0 aliphatic rings. The molecule has 2 aromatic carbocycles. The lowest BCUT2D eigenvalue weighted by atomic mass is 10.1. The molecule has 5 nitrogen and oxygen atoms in total. The van der Waals surface area contributed by atoms with Crippen molar-refractivity contribution in [3.63, 3.8) is 0 Å². The van der Waals surface area contributed by atoms with Crippen molar-refractivity contribution < 1.29 is 9.21 Å². The summed E-state index contributed by atoms with van der Waals surface area (Å²) in [6.07, 6.45) is 1.62. The minimum atomic E-state index is -0.470. The lowest BCUT2D eigenvalue weighted by Gasteiger charge is -2.05. The number of carbonyl (C=O) groups excluding carboxylic acids is 1. The van der Waals surface area contributed by atoms with Crippen LogP contribution in [0.3, 0.4) is 0 Å². The molecule has 3 aromatic rings. The molecule has 5 heteroatoms. The highest BCUT2D eigenvalue weighted by molar-refractivity contribution is 5.88. The van der Waals surface area contributed by atoms with Crippen LogP contribution in [-0.4, -0.2) is 12.1 Å². The largest absolute Gasteiger partial charge is 0.423 e. The van der Waals surface area contributed by atoms with Gasteiger partial charge in [-0.05, 0) is 30.2 Å². The van der Waals surface area contributed by atoms with Gasteiger partial charge in [-0.1, -0.05) is 42.0 Å². The van der Waals surface area contributed by atoms with Crippen LogP contribution in [0.1, 0.15) is 16.7 Å². The molecule has 0 saturated carbocycles. The Morgan fingerprint density at radius 3 is 2.75 bits per heavy atom. The second-order valence-electron chi connectivity index (χ2n) is 5.47. The molecule has 1 amide bonds. The first kappa shape index (κ1) is 15.7. The highest BCUT2D eigenvalue weighted by Crippen LogP contribution is 2.19. The van der Waals surface area contributed by atoms with Crippen LogP contribution in [0, 0.1) is 6.92 Å². The van der Waals surface area contributed by atoms with E-state index in [1.54, 1.807) is 12.3 Å². The molecule has 0 bridgehead atoms. The van der Waals surface area contributed by atoms with Gasteiger partial charge in [-0.2, -0.15) is 5.10 Å². The van der Waals surface area contributed by atoms with Gasteiger partial charge in [-0.15, -0.1) is 0 Å². The molecule has 0 fully saturated rings. The maximum absolute atomic E-state index is 12.1. The third-order valence-electron chi connectivity index (χ3n) is 3.54. The molecular weight excluding hydrogens is 304 g/mol. The van der Waals surface area contributed by atoms with Gasteiger partial charge in [0.05, 0.1) is 12.6 Å².